The molecule has 0 saturated carbocycles. The van der Waals surface area contributed by atoms with Gasteiger partial charge in [-0.25, -0.2) is 0 Å². The van der Waals surface area contributed by atoms with E-state index in [-0.39, 0.29) is 5.79 Å². The summed E-state index contributed by atoms with van der Waals surface area (Å²) in [5.41, 5.74) is 0. The van der Waals surface area contributed by atoms with Crippen molar-refractivity contribution in [3.05, 3.63) is 0 Å². The molecule has 1 heterocycles. The smallest absolute Gasteiger partial charge is 0.192 e. The van der Waals surface area contributed by atoms with E-state index in [1.165, 1.54) is 12.8 Å². The molecular weight excluding hydrogens is 140 g/mol. The Hall–Kier alpha value is -0.0800. The lowest BCUT2D eigenvalue weighted by Crippen LogP contribution is -2.16. The maximum absolute atomic E-state index is 5.57. The van der Waals surface area contributed by atoms with Crippen molar-refractivity contribution in [3.8, 4) is 0 Å². The molecule has 2 heteroatoms. The van der Waals surface area contributed by atoms with Gasteiger partial charge < -0.3 is 9.47 Å². The third-order valence-electron chi connectivity index (χ3n) is 1.95. The highest BCUT2D eigenvalue weighted by atomic mass is 16.8. The molecule has 1 unspecified atom stereocenters. The van der Waals surface area contributed by atoms with Crippen LogP contribution in [0.15, 0.2) is 0 Å². The lowest BCUT2D eigenvalue weighted by molar-refractivity contribution is -0.0495. The summed E-state index contributed by atoms with van der Waals surface area (Å²) in [5.74, 6) is -0.147. The van der Waals surface area contributed by atoms with Gasteiger partial charge in [-0.1, -0.05) is 20.3 Å². The largest absolute Gasteiger partial charge is 0.348 e. The van der Waals surface area contributed by atoms with Crippen LogP contribution >= 0.6 is 0 Å². The molecule has 0 aromatic carbocycles. The number of ether oxygens (including phenoxy) is 2. The Morgan fingerprint density at radius 3 is 2.55 bits per heavy atom. The van der Waals surface area contributed by atoms with Crippen LogP contribution in [0.2, 0.25) is 0 Å². The first-order valence-electron chi connectivity index (χ1n) is 4.61. The van der Waals surface area contributed by atoms with Gasteiger partial charge in [0.1, 0.15) is 6.61 Å². The number of epoxide rings is 1. The molecule has 1 aliphatic rings. The van der Waals surface area contributed by atoms with E-state index in [0.717, 1.165) is 26.1 Å². The van der Waals surface area contributed by atoms with Crippen LogP contribution in [0.3, 0.4) is 0 Å². The van der Waals surface area contributed by atoms with E-state index in [9.17, 15) is 0 Å². The van der Waals surface area contributed by atoms with E-state index in [1.54, 1.807) is 0 Å². The summed E-state index contributed by atoms with van der Waals surface area (Å²) < 4.78 is 10.8. The van der Waals surface area contributed by atoms with Crippen LogP contribution in [0.1, 0.15) is 39.5 Å². The quantitative estimate of drug-likeness (QED) is 0.553. The highest BCUT2D eigenvalue weighted by molar-refractivity contribution is 4.81. The Balaban J connectivity index is 2.08. The molecule has 0 N–H and O–H groups in total. The molecule has 2 nitrogen and oxygen atoms in total. The Kier molecular flexibility index (Phi) is 3.34. The fourth-order valence-corrected chi connectivity index (χ4v) is 1.11. The van der Waals surface area contributed by atoms with Crippen LogP contribution in [-0.2, 0) is 9.47 Å². The zero-order valence-electron chi connectivity index (χ0n) is 7.56. The fourth-order valence-electron chi connectivity index (χ4n) is 1.11. The summed E-state index contributed by atoms with van der Waals surface area (Å²) in [6, 6.07) is 0. The summed E-state index contributed by atoms with van der Waals surface area (Å²) in [5, 5.41) is 0. The lowest BCUT2D eigenvalue weighted by Gasteiger charge is -2.11. The lowest BCUT2D eigenvalue weighted by atomic mass is 10.2. The molecule has 0 aromatic rings. The van der Waals surface area contributed by atoms with Crippen molar-refractivity contribution in [3.63, 3.8) is 0 Å². The summed E-state index contributed by atoms with van der Waals surface area (Å²) >= 11 is 0. The minimum atomic E-state index is -0.147. The van der Waals surface area contributed by atoms with E-state index in [1.807, 2.05) is 0 Å². The Morgan fingerprint density at radius 2 is 2.09 bits per heavy atom. The predicted octanol–water partition coefficient (Wildman–Crippen LogP) is 2.33. The number of unbranched alkanes of at least 4 members (excludes halogenated alkanes) is 1. The Morgan fingerprint density at radius 1 is 1.36 bits per heavy atom. The molecule has 0 aromatic heterocycles. The standard InChI is InChI=1S/C9H18O2/c1-3-5-6-9(8-11-9)10-7-4-2/h3-8H2,1-2H3. The minimum absolute atomic E-state index is 0.147. The van der Waals surface area contributed by atoms with Crippen molar-refractivity contribution >= 4 is 0 Å². The fraction of sp³-hybridized carbons (Fsp3) is 1.00. The molecule has 1 rings (SSSR count). The highest BCUT2D eigenvalue weighted by Crippen LogP contribution is 2.33. The van der Waals surface area contributed by atoms with Crippen molar-refractivity contribution in [1.82, 2.24) is 0 Å². The topological polar surface area (TPSA) is 21.8 Å². The van der Waals surface area contributed by atoms with Gasteiger partial charge >= 0.3 is 0 Å². The second kappa shape index (κ2) is 4.07. The molecule has 1 saturated heterocycles. The predicted molar refractivity (Wildman–Crippen MR) is 44.5 cm³/mol. The van der Waals surface area contributed by atoms with Gasteiger partial charge in [-0.3, -0.25) is 0 Å². The molecular formula is C9H18O2. The first kappa shape index (κ1) is 9.01. The third kappa shape index (κ3) is 2.80. The average molecular weight is 158 g/mol. The van der Waals surface area contributed by atoms with Gasteiger partial charge in [-0.2, -0.15) is 0 Å². The monoisotopic (exact) mass is 158 g/mol. The number of hydrogen-bond donors (Lipinski definition) is 0. The van der Waals surface area contributed by atoms with Gasteiger partial charge in [0.25, 0.3) is 0 Å². The molecule has 66 valence electrons. The van der Waals surface area contributed by atoms with Crippen LogP contribution < -0.4 is 0 Å². The second-order valence-corrected chi connectivity index (χ2v) is 3.15. The van der Waals surface area contributed by atoms with Gasteiger partial charge in [-0.05, 0) is 12.8 Å². The summed E-state index contributed by atoms with van der Waals surface area (Å²) in [6.45, 7) is 5.96. The molecule has 0 aliphatic carbocycles. The molecule has 1 atom stereocenters. The van der Waals surface area contributed by atoms with E-state index in [4.69, 9.17) is 9.47 Å². The van der Waals surface area contributed by atoms with Gasteiger partial charge in [-0.15, -0.1) is 0 Å². The van der Waals surface area contributed by atoms with Gasteiger partial charge in [0.2, 0.25) is 0 Å². The van der Waals surface area contributed by atoms with Crippen LogP contribution in [0.25, 0.3) is 0 Å². The van der Waals surface area contributed by atoms with Crippen molar-refractivity contribution in [1.29, 1.82) is 0 Å². The zero-order valence-corrected chi connectivity index (χ0v) is 7.56. The second-order valence-electron chi connectivity index (χ2n) is 3.15. The zero-order chi connectivity index (χ0) is 8.16. The van der Waals surface area contributed by atoms with Gasteiger partial charge in [0.15, 0.2) is 5.79 Å². The van der Waals surface area contributed by atoms with Gasteiger partial charge in [0.05, 0.1) is 0 Å². The van der Waals surface area contributed by atoms with Crippen molar-refractivity contribution < 1.29 is 9.47 Å². The first-order valence-corrected chi connectivity index (χ1v) is 4.61. The van der Waals surface area contributed by atoms with Crippen LogP contribution in [-0.4, -0.2) is 19.0 Å². The molecule has 1 fully saturated rings. The maximum Gasteiger partial charge on any atom is 0.192 e. The van der Waals surface area contributed by atoms with E-state index < -0.39 is 0 Å². The third-order valence-corrected chi connectivity index (χ3v) is 1.95. The van der Waals surface area contributed by atoms with E-state index in [0.29, 0.717) is 0 Å². The molecule has 0 spiro atoms. The molecule has 1 aliphatic heterocycles. The molecule has 0 amide bonds. The maximum atomic E-state index is 5.57. The van der Waals surface area contributed by atoms with Gasteiger partial charge in [0, 0.05) is 13.0 Å². The normalized spacial score (nSPS) is 28.9. The van der Waals surface area contributed by atoms with Crippen LogP contribution in [0.5, 0.6) is 0 Å². The molecule has 0 radical (unpaired) electrons. The summed E-state index contributed by atoms with van der Waals surface area (Å²) in [6.07, 6.45) is 4.59. The number of hydrogen-bond acceptors (Lipinski definition) is 2. The molecule has 0 bridgehead atoms. The van der Waals surface area contributed by atoms with Crippen molar-refractivity contribution in [2.24, 2.45) is 0 Å². The molecule has 11 heavy (non-hydrogen) atoms. The first-order chi connectivity index (χ1) is 5.33. The minimum Gasteiger partial charge on any atom is -0.348 e. The Bertz CT molecular complexity index is 98.1. The average Bonchev–Trinajstić information content (AvgIpc) is 2.79. The highest BCUT2D eigenvalue weighted by Gasteiger charge is 2.44. The number of rotatable bonds is 6. The van der Waals surface area contributed by atoms with Crippen molar-refractivity contribution in [2.45, 2.75) is 45.3 Å². The van der Waals surface area contributed by atoms with E-state index in [2.05, 4.69) is 13.8 Å². The summed E-state index contributed by atoms with van der Waals surface area (Å²) in [7, 11) is 0. The van der Waals surface area contributed by atoms with E-state index >= 15 is 0 Å². The summed E-state index contributed by atoms with van der Waals surface area (Å²) in [4.78, 5) is 0. The Labute approximate surface area is 68.9 Å². The van der Waals surface area contributed by atoms with Crippen molar-refractivity contribution in [2.75, 3.05) is 13.2 Å². The SMILES string of the molecule is CCCCC1(OCCC)CO1. The van der Waals surface area contributed by atoms with Crippen LogP contribution in [0.4, 0.5) is 0 Å². The van der Waals surface area contributed by atoms with Crippen LogP contribution in [0, 0.1) is 0 Å².